The summed E-state index contributed by atoms with van der Waals surface area (Å²) in [7, 11) is 1.57. The first-order valence-corrected chi connectivity index (χ1v) is 11.8. The Labute approximate surface area is 206 Å². The van der Waals surface area contributed by atoms with Gasteiger partial charge in [-0.05, 0) is 92.1 Å². The van der Waals surface area contributed by atoms with Gasteiger partial charge in [-0.25, -0.2) is 9.59 Å². The molecule has 0 N–H and O–H groups in total. The molecule has 0 fully saturated rings. The van der Waals surface area contributed by atoms with E-state index >= 15 is 0 Å². The van der Waals surface area contributed by atoms with Crippen LogP contribution in [0.25, 0.3) is 0 Å². The van der Waals surface area contributed by atoms with Crippen molar-refractivity contribution in [2.45, 2.75) is 40.0 Å². The highest BCUT2D eigenvalue weighted by atomic mass is 16.5. The van der Waals surface area contributed by atoms with Gasteiger partial charge in [0.2, 0.25) is 0 Å². The Hall–Kier alpha value is -3.80. The van der Waals surface area contributed by atoms with Crippen molar-refractivity contribution in [1.82, 2.24) is 0 Å². The van der Waals surface area contributed by atoms with Crippen LogP contribution in [-0.4, -0.2) is 25.7 Å². The maximum atomic E-state index is 12.5. The van der Waals surface area contributed by atoms with Crippen molar-refractivity contribution >= 4 is 11.9 Å². The lowest BCUT2D eigenvalue weighted by atomic mass is 9.81. The van der Waals surface area contributed by atoms with Gasteiger partial charge in [-0.2, -0.15) is 0 Å². The van der Waals surface area contributed by atoms with Crippen LogP contribution >= 0.6 is 0 Å². The lowest BCUT2D eigenvalue weighted by molar-refractivity contribution is 0.0730. The van der Waals surface area contributed by atoms with Crippen LogP contribution in [0, 0.1) is 5.41 Å². The predicted octanol–water partition coefficient (Wildman–Crippen LogP) is 6.73. The van der Waals surface area contributed by atoms with Crippen LogP contribution in [0.1, 0.15) is 60.7 Å². The molecule has 0 aliphatic rings. The second-order valence-corrected chi connectivity index (χ2v) is 8.35. The van der Waals surface area contributed by atoms with Crippen molar-refractivity contribution < 1.29 is 28.5 Å². The monoisotopic (exact) mass is 476 g/mol. The molecule has 3 aromatic rings. The molecule has 0 radical (unpaired) electrons. The average molecular weight is 477 g/mol. The molecule has 0 saturated carbocycles. The van der Waals surface area contributed by atoms with Gasteiger partial charge < -0.3 is 18.9 Å². The van der Waals surface area contributed by atoms with Crippen molar-refractivity contribution in [3.8, 4) is 23.0 Å². The first kappa shape index (κ1) is 25.8. The highest BCUT2D eigenvalue weighted by molar-refractivity contribution is 5.92. The van der Waals surface area contributed by atoms with Crippen molar-refractivity contribution in [2.24, 2.45) is 5.41 Å². The van der Waals surface area contributed by atoms with Crippen molar-refractivity contribution in [3.05, 3.63) is 83.9 Å². The van der Waals surface area contributed by atoms with Gasteiger partial charge in [0.25, 0.3) is 0 Å². The quantitative estimate of drug-likeness (QED) is 0.226. The third kappa shape index (κ3) is 6.85. The minimum Gasteiger partial charge on any atom is -0.497 e. The molecule has 0 aliphatic heterocycles. The van der Waals surface area contributed by atoms with Gasteiger partial charge in [-0.3, -0.25) is 0 Å². The van der Waals surface area contributed by atoms with Crippen molar-refractivity contribution in [2.75, 3.05) is 13.7 Å². The molecule has 6 heteroatoms. The zero-order valence-corrected chi connectivity index (χ0v) is 20.7. The third-order valence-electron chi connectivity index (χ3n) is 6.46. The van der Waals surface area contributed by atoms with E-state index in [1.807, 2.05) is 0 Å². The maximum absolute atomic E-state index is 12.5. The smallest absolute Gasteiger partial charge is 0.343 e. The van der Waals surface area contributed by atoms with Gasteiger partial charge in [-0.1, -0.05) is 20.8 Å². The summed E-state index contributed by atoms with van der Waals surface area (Å²) in [5, 5.41) is 0. The zero-order chi connectivity index (χ0) is 25.3. The summed E-state index contributed by atoms with van der Waals surface area (Å²) in [6.07, 6.45) is 3.17. The van der Waals surface area contributed by atoms with Crippen molar-refractivity contribution in [3.63, 3.8) is 0 Å². The Balaban J connectivity index is 1.55. The Kier molecular flexibility index (Phi) is 8.90. The maximum Gasteiger partial charge on any atom is 0.343 e. The Morgan fingerprint density at radius 1 is 0.600 bits per heavy atom. The first-order valence-electron chi connectivity index (χ1n) is 11.8. The lowest BCUT2D eigenvalue weighted by Crippen LogP contribution is -2.26. The lowest BCUT2D eigenvalue weighted by Gasteiger charge is -2.30. The minimum absolute atomic E-state index is 0.171. The van der Waals surface area contributed by atoms with Crippen LogP contribution < -0.4 is 18.9 Å². The zero-order valence-electron chi connectivity index (χ0n) is 20.7. The number of ether oxygens (including phenoxy) is 4. The molecule has 0 unspecified atom stereocenters. The summed E-state index contributed by atoms with van der Waals surface area (Å²) in [5.74, 6) is 1.13. The molecule has 35 heavy (non-hydrogen) atoms. The molecule has 3 aromatic carbocycles. The van der Waals surface area contributed by atoms with E-state index in [0.29, 0.717) is 35.0 Å². The van der Waals surface area contributed by atoms with Crippen LogP contribution in [0.3, 0.4) is 0 Å². The van der Waals surface area contributed by atoms with E-state index in [1.54, 1.807) is 79.9 Å². The highest BCUT2D eigenvalue weighted by Crippen LogP contribution is 2.31. The van der Waals surface area contributed by atoms with Gasteiger partial charge in [0.15, 0.2) is 0 Å². The standard InChI is InChI=1S/C29H32O6/c1-5-29(6-2,7-3)20-33-24-12-8-21(9-13-24)27(30)34-25-14-10-22(11-15-25)28(31)35-26-18-16-23(32-4)17-19-26/h8-19H,5-7,20H2,1-4H3. The normalized spacial score (nSPS) is 11.0. The number of hydrogen-bond donors (Lipinski definition) is 0. The number of hydrogen-bond acceptors (Lipinski definition) is 6. The second kappa shape index (κ2) is 12.1. The van der Waals surface area contributed by atoms with Crippen LogP contribution in [0.4, 0.5) is 0 Å². The number of carbonyl (C=O) groups is 2. The molecule has 0 saturated heterocycles. The molecular weight excluding hydrogens is 444 g/mol. The SMILES string of the molecule is CCC(CC)(CC)COc1ccc(C(=O)Oc2ccc(C(=O)Oc3ccc(OC)cc3)cc2)cc1. The predicted molar refractivity (Wildman–Crippen MR) is 135 cm³/mol. The average Bonchev–Trinajstić information content (AvgIpc) is 2.91. The molecule has 0 aliphatic carbocycles. The minimum atomic E-state index is -0.512. The van der Waals surface area contributed by atoms with Crippen LogP contribution in [0.2, 0.25) is 0 Å². The Bertz CT molecular complexity index is 1090. The summed E-state index contributed by atoms with van der Waals surface area (Å²) in [4.78, 5) is 24.9. The number of methoxy groups -OCH3 is 1. The Morgan fingerprint density at radius 2 is 0.971 bits per heavy atom. The molecule has 0 atom stereocenters. The van der Waals surface area contributed by atoms with E-state index in [0.717, 1.165) is 25.0 Å². The van der Waals surface area contributed by atoms with Gasteiger partial charge in [0.05, 0.1) is 24.8 Å². The van der Waals surface area contributed by atoms with E-state index in [-0.39, 0.29) is 5.41 Å². The fourth-order valence-electron chi connectivity index (χ4n) is 3.61. The molecule has 184 valence electrons. The molecular formula is C29H32O6. The molecule has 0 amide bonds. The van der Waals surface area contributed by atoms with Gasteiger partial charge >= 0.3 is 11.9 Å². The van der Waals surface area contributed by atoms with E-state index in [2.05, 4.69) is 20.8 Å². The topological polar surface area (TPSA) is 71.1 Å². The number of rotatable bonds is 11. The molecule has 0 heterocycles. The van der Waals surface area contributed by atoms with Crippen molar-refractivity contribution in [1.29, 1.82) is 0 Å². The summed E-state index contributed by atoms with van der Waals surface area (Å²) in [6, 6.07) is 19.8. The summed E-state index contributed by atoms with van der Waals surface area (Å²) in [5.41, 5.74) is 0.919. The number of esters is 2. The number of carbonyl (C=O) groups excluding carboxylic acids is 2. The Morgan fingerprint density at radius 3 is 1.37 bits per heavy atom. The molecule has 0 spiro atoms. The molecule has 0 bridgehead atoms. The van der Waals surface area contributed by atoms with E-state index in [9.17, 15) is 9.59 Å². The summed E-state index contributed by atoms with van der Waals surface area (Å²) < 4.78 is 21.9. The van der Waals surface area contributed by atoms with Gasteiger partial charge in [0.1, 0.15) is 23.0 Å². The fraction of sp³-hybridized carbons (Fsp3) is 0.310. The van der Waals surface area contributed by atoms with Gasteiger partial charge in [-0.15, -0.1) is 0 Å². The van der Waals surface area contributed by atoms with Gasteiger partial charge in [0, 0.05) is 5.41 Å². The third-order valence-corrected chi connectivity index (χ3v) is 6.46. The molecule has 6 nitrogen and oxygen atoms in total. The molecule has 0 aromatic heterocycles. The fourth-order valence-corrected chi connectivity index (χ4v) is 3.61. The highest BCUT2D eigenvalue weighted by Gasteiger charge is 2.24. The first-order chi connectivity index (χ1) is 16.9. The van der Waals surface area contributed by atoms with E-state index in [4.69, 9.17) is 18.9 Å². The largest absolute Gasteiger partial charge is 0.497 e. The van der Waals surface area contributed by atoms with Crippen LogP contribution in [-0.2, 0) is 0 Å². The van der Waals surface area contributed by atoms with Crippen LogP contribution in [0.5, 0.6) is 23.0 Å². The second-order valence-electron chi connectivity index (χ2n) is 8.35. The van der Waals surface area contributed by atoms with Crippen LogP contribution in [0.15, 0.2) is 72.8 Å². The molecule has 3 rings (SSSR count). The van der Waals surface area contributed by atoms with E-state index in [1.165, 1.54) is 0 Å². The number of benzene rings is 3. The van der Waals surface area contributed by atoms with E-state index < -0.39 is 11.9 Å². The summed E-state index contributed by atoms with van der Waals surface area (Å²) in [6.45, 7) is 7.21. The summed E-state index contributed by atoms with van der Waals surface area (Å²) >= 11 is 0.